The van der Waals surface area contributed by atoms with Crippen LogP contribution in [0.1, 0.15) is 28.9 Å². The molecule has 0 amide bonds. The number of hydrogen-bond donors (Lipinski definition) is 3. The van der Waals surface area contributed by atoms with Crippen molar-refractivity contribution in [2.24, 2.45) is 0 Å². The lowest BCUT2D eigenvalue weighted by molar-refractivity contribution is -0.218. The minimum atomic E-state index is -2.69. The van der Waals surface area contributed by atoms with Crippen molar-refractivity contribution in [3.05, 3.63) is 47.5 Å². The number of carbonyl (C=O) groups is 2. The normalized spacial score (nSPS) is 21.5. The molecule has 8 nitrogen and oxygen atoms in total. The Morgan fingerprint density at radius 1 is 1.19 bits per heavy atom. The molecule has 1 aliphatic rings. The average Bonchev–Trinajstić information content (AvgIpc) is 2.57. The molecule has 2 aromatic carbocycles. The van der Waals surface area contributed by atoms with Gasteiger partial charge in [-0.3, -0.25) is 9.59 Å². The maximum absolute atomic E-state index is 12.8. The second-order valence-electron chi connectivity index (χ2n) is 5.73. The second kappa shape index (κ2) is 6.23. The molecule has 0 fully saturated rings. The first kappa shape index (κ1) is 17.6. The van der Waals surface area contributed by atoms with Crippen LogP contribution in [0.4, 0.5) is 0 Å². The lowest BCUT2D eigenvalue weighted by Gasteiger charge is -2.38. The van der Waals surface area contributed by atoms with E-state index >= 15 is 0 Å². The van der Waals surface area contributed by atoms with Crippen LogP contribution in [0.25, 0.3) is 0 Å². The quantitative estimate of drug-likeness (QED) is 0.558. The lowest BCUT2D eigenvalue weighted by atomic mass is 9.89. The fourth-order valence-corrected chi connectivity index (χ4v) is 2.80. The number of ketones is 1. The summed E-state index contributed by atoms with van der Waals surface area (Å²) in [7, 11) is 1.48. The van der Waals surface area contributed by atoms with Crippen molar-refractivity contribution >= 4 is 11.8 Å². The molecule has 0 aliphatic carbocycles. The summed E-state index contributed by atoms with van der Waals surface area (Å²) >= 11 is 0. The fraction of sp³-hybridized carbons (Fsp3) is 0.222. The van der Waals surface area contributed by atoms with Gasteiger partial charge in [0.05, 0.1) is 7.11 Å². The van der Waals surface area contributed by atoms with Crippen molar-refractivity contribution in [3.63, 3.8) is 0 Å². The number of benzene rings is 2. The van der Waals surface area contributed by atoms with Crippen LogP contribution >= 0.6 is 0 Å². The molecular formula is C18H16O8. The third-order valence-corrected chi connectivity index (χ3v) is 3.94. The molecule has 0 unspecified atom stereocenters. The molecule has 0 saturated carbocycles. The number of phenolic OH excluding ortho intramolecular Hbond substituents is 2. The summed E-state index contributed by atoms with van der Waals surface area (Å²) in [4.78, 5) is 24.3. The number of carbonyl (C=O) groups excluding carboxylic acids is 2. The molecule has 0 spiro atoms. The number of rotatable bonds is 3. The Hall–Kier alpha value is -3.26. The summed E-state index contributed by atoms with van der Waals surface area (Å²) in [5, 5.41) is 30.5. The van der Waals surface area contributed by atoms with Crippen LogP contribution in [0, 0.1) is 0 Å². The summed E-state index contributed by atoms with van der Waals surface area (Å²) in [6.45, 7) is 1.03. The Kier molecular flexibility index (Phi) is 4.21. The lowest BCUT2D eigenvalue weighted by Crippen LogP contribution is -2.52. The van der Waals surface area contributed by atoms with Gasteiger partial charge in [-0.1, -0.05) is 12.1 Å². The van der Waals surface area contributed by atoms with Crippen LogP contribution < -0.4 is 9.47 Å². The van der Waals surface area contributed by atoms with Crippen LogP contribution in [0.5, 0.6) is 23.0 Å². The number of esters is 1. The monoisotopic (exact) mass is 360 g/mol. The van der Waals surface area contributed by atoms with Gasteiger partial charge in [-0.15, -0.1) is 0 Å². The molecule has 1 heterocycles. The molecule has 0 saturated heterocycles. The Labute approximate surface area is 148 Å². The highest BCUT2D eigenvalue weighted by Gasteiger charge is 2.55. The largest absolute Gasteiger partial charge is 0.508 e. The molecule has 8 heteroatoms. The van der Waals surface area contributed by atoms with E-state index in [4.69, 9.17) is 14.2 Å². The van der Waals surface area contributed by atoms with E-state index in [0.29, 0.717) is 11.3 Å². The summed E-state index contributed by atoms with van der Waals surface area (Å²) in [5.41, 5.74) is -0.0762. The molecule has 2 aromatic rings. The van der Waals surface area contributed by atoms with Gasteiger partial charge in [-0.25, -0.2) is 0 Å². The van der Waals surface area contributed by atoms with Gasteiger partial charge in [-0.05, 0) is 17.7 Å². The van der Waals surface area contributed by atoms with E-state index in [1.165, 1.54) is 19.2 Å². The van der Waals surface area contributed by atoms with Gasteiger partial charge in [0.15, 0.2) is 6.10 Å². The topological polar surface area (TPSA) is 123 Å². The molecule has 3 rings (SSSR count). The summed E-state index contributed by atoms with van der Waals surface area (Å²) in [5.74, 6) is -5.23. The van der Waals surface area contributed by atoms with Crippen molar-refractivity contribution < 1.29 is 39.1 Å². The van der Waals surface area contributed by atoms with Crippen LogP contribution in [0.15, 0.2) is 36.4 Å². The highest BCUT2D eigenvalue weighted by molar-refractivity contribution is 6.08. The van der Waals surface area contributed by atoms with Gasteiger partial charge in [-0.2, -0.15) is 0 Å². The van der Waals surface area contributed by atoms with Crippen LogP contribution in [-0.2, 0) is 9.53 Å². The van der Waals surface area contributed by atoms with E-state index in [2.05, 4.69) is 0 Å². The minimum Gasteiger partial charge on any atom is -0.508 e. The smallest absolute Gasteiger partial charge is 0.317 e. The van der Waals surface area contributed by atoms with Gasteiger partial charge in [0.25, 0.3) is 0 Å². The van der Waals surface area contributed by atoms with Crippen molar-refractivity contribution in [2.45, 2.75) is 18.8 Å². The summed E-state index contributed by atoms with van der Waals surface area (Å²) in [6, 6.07) is 8.25. The van der Waals surface area contributed by atoms with E-state index in [-0.39, 0.29) is 11.5 Å². The molecule has 26 heavy (non-hydrogen) atoms. The molecule has 0 aromatic heterocycles. The maximum atomic E-state index is 12.8. The van der Waals surface area contributed by atoms with Gasteiger partial charge in [0.1, 0.15) is 28.6 Å². The summed E-state index contributed by atoms with van der Waals surface area (Å²) < 4.78 is 15.6. The Balaban J connectivity index is 2.16. The number of Topliss-reactive ketones (excluding diaryl/α,β-unsaturated/α-hetero) is 1. The molecule has 136 valence electrons. The number of ether oxygens (including phenoxy) is 3. The van der Waals surface area contributed by atoms with E-state index in [0.717, 1.165) is 19.1 Å². The highest BCUT2D eigenvalue weighted by Crippen LogP contribution is 2.46. The molecule has 1 aliphatic heterocycles. The highest BCUT2D eigenvalue weighted by atomic mass is 16.7. The number of aliphatic hydroxyl groups is 1. The molecule has 2 atom stereocenters. The first-order chi connectivity index (χ1) is 12.3. The van der Waals surface area contributed by atoms with Gasteiger partial charge < -0.3 is 29.5 Å². The predicted octanol–water partition coefficient (Wildman–Crippen LogP) is 1.67. The van der Waals surface area contributed by atoms with Crippen molar-refractivity contribution in [1.29, 1.82) is 0 Å². The third-order valence-electron chi connectivity index (χ3n) is 3.94. The first-order valence-corrected chi connectivity index (χ1v) is 7.59. The zero-order valence-corrected chi connectivity index (χ0v) is 13.9. The zero-order chi connectivity index (χ0) is 19.1. The van der Waals surface area contributed by atoms with Crippen molar-refractivity contribution in [2.75, 3.05) is 7.11 Å². The molecule has 0 bridgehead atoms. The number of fused-ring (bicyclic) bond motifs is 1. The SMILES string of the molecule is COc1ccc([C@H]2Oc3cc(O)cc(O)c3C(=O)[C@]2(O)OC(C)=O)cc1. The predicted molar refractivity (Wildman–Crippen MR) is 87.2 cm³/mol. The van der Waals surface area contributed by atoms with E-state index in [9.17, 15) is 24.9 Å². The minimum absolute atomic E-state index is 0.148. The maximum Gasteiger partial charge on any atom is 0.317 e. The summed E-state index contributed by atoms with van der Waals surface area (Å²) in [6.07, 6.45) is -1.42. The zero-order valence-electron chi connectivity index (χ0n) is 13.9. The second-order valence-corrected chi connectivity index (χ2v) is 5.73. The van der Waals surface area contributed by atoms with Crippen molar-refractivity contribution in [3.8, 4) is 23.0 Å². The Morgan fingerprint density at radius 2 is 1.85 bits per heavy atom. The number of phenols is 2. The van der Waals surface area contributed by atoms with Crippen LogP contribution in [0.3, 0.4) is 0 Å². The number of aromatic hydroxyl groups is 2. The molecule has 3 N–H and O–H groups in total. The standard InChI is InChI=1S/C18H16O8/c1-9(19)26-18(23)16(22)15-13(21)7-11(20)8-14(15)25-17(18)10-3-5-12(24-2)6-4-10/h3-8,17,20-21,23H,1-2H3/t17-,18+/m1/s1. The van der Waals surface area contributed by atoms with E-state index in [1.54, 1.807) is 12.1 Å². The van der Waals surface area contributed by atoms with E-state index in [1.807, 2.05) is 0 Å². The van der Waals surface area contributed by atoms with Gasteiger partial charge in [0, 0.05) is 19.1 Å². The molecule has 0 radical (unpaired) electrons. The molecular weight excluding hydrogens is 344 g/mol. The average molecular weight is 360 g/mol. The van der Waals surface area contributed by atoms with Crippen LogP contribution in [0.2, 0.25) is 0 Å². The van der Waals surface area contributed by atoms with Gasteiger partial charge in [0.2, 0.25) is 5.78 Å². The van der Waals surface area contributed by atoms with E-state index < -0.39 is 35.0 Å². The Morgan fingerprint density at radius 3 is 2.42 bits per heavy atom. The van der Waals surface area contributed by atoms with Crippen LogP contribution in [-0.4, -0.2) is 40.0 Å². The first-order valence-electron chi connectivity index (χ1n) is 7.59. The Bertz CT molecular complexity index is 874. The van der Waals surface area contributed by atoms with Crippen molar-refractivity contribution in [1.82, 2.24) is 0 Å². The number of hydrogen-bond acceptors (Lipinski definition) is 8. The van der Waals surface area contributed by atoms with Gasteiger partial charge >= 0.3 is 11.8 Å². The number of methoxy groups -OCH3 is 1. The third kappa shape index (κ3) is 2.80. The fourth-order valence-electron chi connectivity index (χ4n) is 2.80.